The zero-order valence-electron chi connectivity index (χ0n) is 12.9. The Morgan fingerprint density at radius 2 is 1.83 bits per heavy atom. The number of hydrogen-bond acceptors (Lipinski definition) is 5. The molecule has 0 aliphatic rings. The van der Waals surface area contributed by atoms with Crippen LogP contribution in [0.5, 0.6) is 0 Å². The number of aromatic nitrogens is 3. The second kappa shape index (κ2) is 6.76. The molecule has 0 aliphatic carbocycles. The second-order valence-electron chi connectivity index (χ2n) is 5.37. The van der Waals surface area contributed by atoms with Gasteiger partial charge in [0.25, 0.3) is 0 Å². The number of hydrogen-bond donors (Lipinski definition) is 1. The monoisotopic (exact) mass is 331 g/mol. The Morgan fingerprint density at radius 3 is 2.62 bits per heavy atom. The first-order valence-corrected chi connectivity index (χ1v) is 8.58. The first-order valence-electron chi connectivity index (χ1n) is 7.77. The van der Waals surface area contributed by atoms with Crippen molar-refractivity contribution in [1.82, 2.24) is 15.0 Å². The van der Waals surface area contributed by atoms with Crippen molar-refractivity contribution in [2.45, 2.75) is 6.42 Å². The van der Waals surface area contributed by atoms with Gasteiger partial charge in [0.1, 0.15) is 11.2 Å². The summed E-state index contributed by atoms with van der Waals surface area (Å²) in [5.74, 6) is 0.593. The van der Waals surface area contributed by atoms with Gasteiger partial charge < -0.3 is 5.32 Å². The third-order valence-corrected chi connectivity index (χ3v) is 4.73. The topological polar surface area (TPSA) is 50.7 Å². The first kappa shape index (κ1) is 14.8. The highest BCUT2D eigenvalue weighted by atomic mass is 32.1. The Balaban J connectivity index is 1.42. The fourth-order valence-corrected chi connectivity index (χ4v) is 3.36. The quantitative estimate of drug-likeness (QED) is 0.595. The van der Waals surface area contributed by atoms with Crippen molar-refractivity contribution < 1.29 is 0 Å². The van der Waals surface area contributed by atoms with E-state index >= 15 is 0 Å². The van der Waals surface area contributed by atoms with Gasteiger partial charge >= 0.3 is 0 Å². The molecule has 0 bridgehead atoms. The molecule has 0 amide bonds. The van der Waals surface area contributed by atoms with E-state index in [2.05, 4.69) is 44.7 Å². The van der Waals surface area contributed by atoms with Crippen molar-refractivity contribution in [3.8, 4) is 10.6 Å². The Morgan fingerprint density at radius 1 is 1.00 bits per heavy atom. The Kier molecular flexibility index (Phi) is 4.16. The van der Waals surface area contributed by atoms with Crippen molar-refractivity contribution in [3.63, 3.8) is 0 Å². The fourth-order valence-electron chi connectivity index (χ4n) is 2.44. The highest BCUT2D eigenvalue weighted by molar-refractivity contribution is 7.21. The van der Waals surface area contributed by atoms with E-state index in [1.807, 2.05) is 36.4 Å². The van der Waals surface area contributed by atoms with Crippen molar-refractivity contribution in [2.75, 3.05) is 11.9 Å². The molecular weight excluding hydrogens is 316 g/mol. The molecule has 1 radical (unpaired) electrons. The van der Waals surface area contributed by atoms with E-state index in [4.69, 9.17) is 0 Å². The lowest BCUT2D eigenvalue weighted by Crippen LogP contribution is -2.07. The number of nitrogens with one attached hydrogen (secondary N) is 1. The van der Waals surface area contributed by atoms with Crippen LogP contribution in [-0.4, -0.2) is 21.5 Å². The summed E-state index contributed by atoms with van der Waals surface area (Å²) in [7, 11) is 0. The molecule has 4 rings (SSSR count). The first-order chi connectivity index (χ1) is 11.9. The molecule has 4 aromatic rings. The molecule has 2 aromatic carbocycles. The highest BCUT2D eigenvalue weighted by Crippen LogP contribution is 2.28. The SMILES string of the molecule is [c]1nc(NCCc2ccccc2)ncc1-c1nc2ccccc2s1. The minimum Gasteiger partial charge on any atom is -0.354 e. The number of thiazole rings is 1. The number of nitrogens with zero attached hydrogens (tertiary/aromatic N) is 3. The zero-order valence-corrected chi connectivity index (χ0v) is 13.8. The normalized spacial score (nSPS) is 10.8. The van der Waals surface area contributed by atoms with Gasteiger partial charge in [0.15, 0.2) is 0 Å². The maximum Gasteiger partial charge on any atom is 0.223 e. The van der Waals surface area contributed by atoms with Crippen molar-refractivity contribution in [3.05, 3.63) is 72.6 Å². The minimum atomic E-state index is 0.593. The van der Waals surface area contributed by atoms with Gasteiger partial charge in [0.05, 0.1) is 15.8 Å². The lowest BCUT2D eigenvalue weighted by molar-refractivity contribution is 0.983. The van der Waals surface area contributed by atoms with Crippen LogP contribution in [-0.2, 0) is 6.42 Å². The van der Waals surface area contributed by atoms with Crippen molar-refractivity contribution >= 4 is 27.5 Å². The number of rotatable bonds is 5. The minimum absolute atomic E-state index is 0.593. The number of para-hydroxylation sites is 1. The molecule has 2 heterocycles. The van der Waals surface area contributed by atoms with Crippen molar-refractivity contribution in [1.29, 1.82) is 0 Å². The molecule has 4 nitrogen and oxygen atoms in total. The van der Waals surface area contributed by atoms with Gasteiger partial charge in [-0.2, -0.15) is 0 Å². The molecule has 2 aromatic heterocycles. The van der Waals surface area contributed by atoms with Crippen LogP contribution in [0.25, 0.3) is 20.8 Å². The van der Waals surface area contributed by atoms with Crippen LogP contribution in [0.4, 0.5) is 5.95 Å². The standard InChI is InChI=1S/C19H15N4S/c1-2-6-14(7-3-1)10-11-20-19-21-12-15(13-22-19)18-23-16-8-4-5-9-17(16)24-18/h1-9,12H,10-11H2,(H,20,21,22). The zero-order chi connectivity index (χ0) is 16.2. The van der Waals surface area contributed by atoms with Gasteiger partial charge in [0.2, 0.25) is 5.95 Å². The summed E-state index contributed by atoms with van der Waals surface area (Å²) in [6, 6.07) is 18.4. The molecule has 0 saturated heterocycles. The Labute approximate surface area is 144 Å². The molecule has 0 fully saturated rings. The summed E-state index contributed by atoms with van der Waals surface area (Å²) >= 11 is 1.63. The van der Waals surface area contributed by atoms with E-state index in [1.165, 1.54) is 5.56 Å². The van der Waals surface area contributed by atoms with Crippen LogP contribution >= 0.6 is 11.3 Å². The predicted molar refractivity (Wildman–Crippen MR) is 98.1 cm³/mol. The molecule has 0 spiro atoms. The molecule has 117 valence electrons. The summed E-state index contributed by atoms with van der Waals surface area (Å²) in [4.78, 5) is 13.2. The largest absolute Gasteiger partial charge is 0.354 e. The lowest BCUT2D eigenvalue weighted by Gasteiger charge is -2.04. The van der Waals surface area contributed by atoms with E-state index in [0.29, 0.717) is 5.95 Å². The van der Waals surface area contributed by atoms with Crippen LogP contribution in [0.15, 0.2) is 60.8 Å². The third-order valence-electron chi connectivity index (χ3n) is 3.66. The van der Waals surface area contributed by atoms with Gasteiger partial charge in [-0.3, -0.25) is 0 Å². The van der Waals surface area contributed by atoms with E-state index in [1.54, 1.807) is 17.5 Å². The maximum absolute atomic E-state index is 4.60. The number of benzene rings is 2. The lowest BCUT2D eigenvalue weighted by atomic mass is 10.1. The van der Waals surface area contributed by atoms with E-state index in [9.17, 15) is 0 Å². The number of fused-ring (bicyclic) bond motifs is 1. The van der Waals surface area contributed by atoms with E-state index < -0.39 is 0 Å². The number of anilines is 1. The predicted octanol–water partition coefficient (Wildman–Crippen LogP) is 4.21. The van der Waals surface area contributed by atoms with E-state index in [-0.39, 0.29) is 0 Å². The summed E-state index contributed by atoms with van der Waals surface area (Å²) in [5.41, 5.74) is 3.11. The van der Waals surface area contributed by atoms with Crippen molar-refractivity contribution in [2.24, 2.45) is 0 Å². The Bertz CT molecular complexity index is 899. The molecule has 1 N–H and O–H groups in total. The molecule has 0 aliphatic heterocycles. The van der Waals surface area contributed by atoms with Crippen LogP contribution in [0, 0.1) is 6.20 Å². The molecule has 5 heteroatoms. The van der Waals surface area contributed by atoms with Gasteiger partial charge in [-0.15, -0.1) is 11.3 Å². The van der Waals surface area contributed by atoms with Gasteiger partial charge in [0, 0.05) is 12.7 Å². The average Bonchev–Trinajstić information content (AvgIpc) is 3.07. The summed E-state index contributed by atoms with van der Waals surface area (Å²) < 4.78 is 1.16. The summed E-state index contributed by atoms with van der Waals surface area (Å²) in [6.45, 7) is 0.790. The Hall–Kier alpha value is -2.79. The second-order valence-corrected chi connectivity index (χ2v) is 6.40. The summed E-state index contributed by atoms with van der Waals surface area (Å²) in [6.07, 6.45) is 5.74. The smallest absolute Gasteiger partial charge is 0.223 e. The van der Waals surface area contributed by atoms with Crippen LogP contribution in [0.3, 0.4) is 0 Å². The van der Waals surface area contributed by atoms with E-state index in [0.717, 1.165) is 33.8 Å². The highest BCUT2D eigenvalue weighted by Gasteiger charge is 2.07. The van der Waals surface area contributed by atoms with Gasteiger partial charge in [-0.1, -0.05) is 42.5 Å². The maximum atomic E-state index is 4.60. The van der Waals surface area contributed by atoms with Gasteiger partial charge in [-0.25, -0.2) is 15.0 Å². The fraction of sp³-hybridized carbons (Fsp3) is 0.105. The molecule has 24 heavy (non-hydrogen) atoms. The van der Waals surface area contributed by atoms with Gasteiger partial charge in [-0.05, 0) is 24.1 Å². The van der Waals surface area contributed by atoms with Crippen LogP contribution in [0.2, 0.25) is 0 Å². The van der Waals surface area contributed by atoms with Crippen LogP contribution < -0.4 is 5.32 Å². The molecule has 0 saturated carbocycles. The average molecular weight is 331 g/mol. The third kappa shape index (κ3) is 3.26. The summed E-state index contributed by atoms with van der Waals surface area (Å²) in [5, 5.41) is 4.12. The molecule has 0 unspecified atom stereocenters. The van der Waals surface area contributed by atoms with Crippen LogP contribution in [0.1, 0.15) is 5.56 Å². The molecule has 0 atom stereocenters. The molecular formula is C19H15N4S.